The van der Waals surface area contributed by atoms with Crippen LogP contribution >= 0.6 is 0 Å². The Bertz CT molecular complexity index is 700. The van der Waals surface area contributed by atoms with Crippen LogP contribution in [0.2, 0.25) is 0 Å². The fourth-order valence-corrected chi connectivity index (χ4v) is 2.51. The van der Waals surface area contributed by atoms with Crippen LogP contribution in [0, 0.1) is 19.8 Å². The summed E-state index contributed by atoms with van der Waals surface area (Å²) in [5, 5.41) is 15.7. The van der Waals surface area contributed by atoms with E-state index in [-0.39, 0.29) is 17.4 Å². The molecule has 0 radical (unpaired) electrons. The van der Waals surface area contributed by atoms with Gasteiger partial charge in [-0.2, -0.15) is 0 Å². The molecule has 6 nitrogen and oxygen atoms in total. The number of aryl methyl sites for hydroxylation is 2. The number of aromatic carboxylic acids is 1. The second kappa shape index (κ2) is 7.77. The lowest BCUT2D eigenvalue weighted by Crippen LogP contribution is -2.32. The molecule has 0 bridgehead atoms. The summed E-state index contributed by atoms with van der Waals surface area (Å²) in [6.07, 6.45) is 1.25. The van der Waals surface area contributed by atoms with Gasteiger partial charge in [0, 0.05) is 18.0 Å². The SMILES string of the molecule is Cc1noc(C)c1C[C@@H](C)C(=O)NCCc1ccc(C(=O)O)cc1. The van der Waals surface area contributed by atoms with Gasteiger partial charge < -0.3 is 14.9 Å². The zero-order valence-corrected chi connectivity index (χ0v) is 14.1. The van der Waals surface area contributed by atoms with Gasteiger partial charge in [0.2, 0.25) is 5.91 Å². The third-order valence-electron chi connectivity index (χ3n) is 4.05. The number of hydrogen-bond acceptors (Lipinski definition) is 4. The van der Waals surface area contributed by atoms with Gasteiger partial charge in [0.1, 0.15) is 5.76 Å². The number of amides is 1. The molecule has 2 N–H and O–H groups in total. The fourth-order valence-electron chi connectivity index (χ4n) is 2.51. The first-order valence-electron chi connectivity index (χ1n) is 7.90. The summed E-state index contributed by atoms with van der Waals surface area (Å²) < 4.78 is 5.12. The van der Waals surface area contributed by atoms with Crippen LogP contribution in [0.1, 0.15) is 39.9 Å². The normalized spacial score (nSPS) is 12.0. The molecule has 24 heavy (non-hydrogen) atoms. The van der Waals surface area contributed by atoms with E-state index in [1.807, 2.05) is 20.8 Å². The number of nitrogens with one attached hydrogen (secondary N) is 1. The third kappa shape index (κ3) is 4.44. The van der Waals surface area contributed by atoms with Crippen LogP contribution < -0.4 is 5.32 Å². The average Bonchev–Trinajstić information content (AvgIpc) is 2.87. The van der Waals surface area contributed by atoms with Crippen LogP contribution in [0.25, 0.3) is 0 Å². The van der Waals surface area contributed by atoms with Gasteiger partial charge in [-0.25, -0.2) is 4.79 Å². The van der Waals surface area contributed by atoms with Crippen LogP contribution in [-0.4, -0.2) is 28.7 Å². The molecule has 2 rings (SSSR count). The van der Waals surface area contributed by atoms with Crippen molar-refractivity contribution in [1.29, 1.82) is 0 Å². The van der Waals surface area contributed by atoms with Crippen molar-refractivity contribution in [1.82, 2.24) is 10.5 Å². The van der Waals surface area contributed by atoms with E-state index in [2.05, 4.69) is 10.5 Å². The van der Waals surface area contributed by atoms with E-state index < -0.39 is 5.97 Å². The molecular weight excluding hydrogens is 308 g/mol. The van der Waals surface area contributed by atoms with E-state index in [0.29, 0.717) is 19.4 Å². The number of nitrogens with zero attached hydrogens (tertiary/aromatic N) is 1. The van der Waals surface area contributed by atoms with Gasteiger partial charge in [-0.05, 0) is 44.4 Å². The Morgan fingerprint density at radius 3 is 2.46 bits per heavy atom. The van der Waals surface area contributed by atoms with Gasteiger partial charge in [0.15, 0.2) is 0 Å². The largest absolute Gasteiger partial charge is 0.478 e. The first-order chi connectivity index (χ1) is 11.4. The predicted molar refractivity (Wildman–Crippen MR) is 89.0 cm³/mol. The number of aromatic nitrogens is 1. The molecule has 1 amide bonds. The van der Waals surface area contributed by atoms with Crippen molar-refractivity contribution in [3.8, 4) is 0 Å². The molecule has 0 spiro atoms. The second-order valence-corrected chi connectivity index (χ2v) is 5.95. The Kier molecular flexibility index (Phi) is 5.73. The monoisotopic (exact) mass is 330 g/mol. The Labute approximate surface area is 140 Å². The molecule has 0 saturated heterocycles. The topological polar surface area (TPSA) is 92.4 Å². The molecule has 1 heterocycles. The van der Waals surface area contributed by atoms with Crippen molar-refractivity contribution in [2.75, 3.05) is 6.54 Å². The van der Waals surface area contributed by atoms with E-state index >= 15 is 0 Å². The van der Waals surface area contributed by atoms with Crippen molar-refractivity contribution >= 4 is 11.9 Å². The van der Waals surface area contributed by atoms with Crippen LogP contribution in [0.3, 0.4) is 0 Å². The number of carbonyl (C=O) groups is 2. The molecule has 0 aliphatic carbocycles. The minimum absolute atomic E-state index is 0.0165. The molecule has 0 aliphatic rings. The quantitative estimate of drug-likeness (QED) is 0.814. The molecule has 0 unspecified atom stereocenters. The Balaban J connectivity index is 1.81. The minimum atomic E-state index is -0.942. The summed E-state index contributed by atoms with van der Waals surface area (Å²) in [7, 11) is 0. The number of rotatable bonds is 7. The number of carboxylic acid groups (broad SMARTS) is 1. The number of hydrogen-bond donors (Lipinski definition) is 2. The minimum Gasteiger partial charge on any atom is -0.478 e. The highest BCUT2D eigenvalue weighted by Gasteiger charge is 2.18. The lowest BCUT2D eigenvalue weighted by molar-refractivity contribution is -0.124. The third-order valence-corrected chi connectivity index (χ3v) is 4.05. The standard InChI is InChI=1S/C18H22N2O4/c1-11(10-16-12(2)20-24-13(16)3)17(21)19-9-8-14-4-6-15(7-5-14)18(22)23/h4-7,11H,8-10H2,1-3H3,(H,19,21)(H,22,23)/t11-/m1/s1. The van der Waals surface area contributed by atoms with Crippen LogP contribution in [-0.2, 0) is 17.6 Å². The summed E-state index contributed by atoms with van der Waals surface area (Å²) in [6.45, 7) is 6.11. The molecular formula is C18H22N2O4. The van der Waals surface area contributed by atoms with E-state index in [0.717, 1.165) is 22.6 Å². The summed E-state index contributed by atoms with van der Waals surface area (Å²) in [6, 6.07) is 6.67. The van der Waals surface area contributed by atoms with Crippen LogP contribution in [0.15, 0.2) is 28.8 Å². The van der Waals surface area contributed by atoms with E-state index in [1.54, 1.807) is 24.3 Å². The van der Waals surface area contributed by atoms with Gasteiger partial charge in [0.05, 0.1) is 11.3 Å². The van der Waals surface area contributed by atoms with Gasteiger partial charge >= 0.3 is 5.97 Å². The number of benzene rings is 1. The average molecular weight is 330 g/mol. The maximum atomic E-state index is 12.2. The lowest BCUT2D eigenvalue weighted by Gasteiger charge is -2.12. The molecule has 0 aliphatic heterocycles. The Morgan fingerprint density at radius 2 is 1.92 bits per heavy atom. The van der Waals surface area contributed by atoms with Gasteiger partial charge in [-0.15, -0.1) is 0 Å². The maximum Gasteiger partial charge on any atom is 0.335 e. The number of carboxylic acids is 1. The van der Waals surface area contributed by atoms with Gasteiger partial charge in [-0.1, -0.05) is 24.2 Å². The molecule has 1 atom stereocenters. The van der Waals surface area contributed by atoms with Crippen LogP contribution in [0.5, 0.6) is 0 Å². The zero-order valence-electron chi connectivity index (χ0n) is 14.1. The Morgan fingerprint density at radius 1 is 1.25 bits per heavy atom. The first kappa shape index (κ1) is 17.7. The van der Waals surface area contributed by atoms with Crippen molar-refractivity contribution in [2.24, 2.45) is 5.92 Å². The smallest absolute Gasteiger partial charge is 0.335 e. The fraction of sp³-hybridized carbons (Fsp3) is 0.389. The highest BCUT2D eigenvalue weighted by molar-refractivity contribution is 5.87. The van der Waals surface area contributed by atoms with Gasteiger partial charge in [0.25, 0.3) is 0 Å². The molecule has 1 aromatic heterocycles. The molecule has 1 aromatic carbocycles. The van der Waals surface area contributed by atoms with Crippen molar-refractivity contribution < 1.29 is 19.2 Å². The van der Waals surface area contributed by atoms with Gasteiger partial charge in [-0.3, -0.25) is 4.79 Å². The van der Waals surface area contributed by atoms with Crippen molar-refractivity contribution in [3.05, 3.63) is 52.4 Å². The molecule has 6 heteroatoms. The summed E-state index contributed by atoms with van der Waals surface area (Å²) in [4.78, 5) is 23.0. The van der Waals surface area contributed by atoms with Crippen molar-refractivity contribution in [2.45, 2.75) is 33.6 Å². The summed E-state index contributed by atoms with van der Waals surface area (Å²) >= 11 is 0. The van der Waals surface area contributed by atoms with Crippen LogP contribution in [0.4, 0.5) is 0 Å². The molecule has 128 valence electrons. The molecule has 0 fully saturated rings. The van der Waals surface area contributed by atoms with E-state index in [9.17, 15) is 9.59 Å². The highest BCUT2D eigenvalue weighted by Crippen LogP contribution is 2.17. The zero-order chi connectivity index (χ0) is 17.7. The maximum absolute atomic E-state index is 12.2. The number of carbonyl (C=O) groups excluding carboxylic acids is 1. The predicted octanol–water partition coefficient (Wildman–Crippen LogP) is 2.53. The van der Waals surface area contributed by atoms with E-state index in [1.165, 1.54) is 0 Å². The molecule has 0 saturated carbocycles. The first-order valence-corrected chi connectivity index (χ1v) is 7.90. The van der Waals surface area contributed by atoms with E-state index in [4.69, 9.17) is 9.63 Å². The summed E-state index contributed by atoms with van der Waals surface area (Å²) in [5.74, 6) is -0.373. The second-order valence-electron chi connectivity index (χ2n) is 5.95. The lowest BCUT2D eigenvalue weighted by atomic mass is 9.99. The molecule has 2 aromatic rings. The Hall–Kier alpha value is -2.63. The van der Waals surface area contributed by atoms with Crippen molar-refractivity contribution in [3.63, 3.8) is 0 Å². The summed E-state index contributed by atoms with van der Waals surface area (Å²) in [5.41, 5.74) is 3.06. The highest BCUT2D eigenvalue weighted by atomic mass is 16.5.